The third-order valence-corrected chi connectivity index (χ3v) is 11.7. The molecule has 0 radical (unpaired) electrons. The maximum atomic E-state index is 12.2. The Morgan fingerprint density at radius 1 is 1.00 bits per heavy atom. The molecule has 0 aliphatic heterocycles. The zero-order chi connectivity index (χ0) is 22.8. The molecule has 5 aliphatic rings. The second-order valence-electron chi connectivity index (χ2n) is 12.3. The van der Waals surface area contributed by atoms with Gasteiger partial charge in [-0.05, 0) is 87.0 Å². The second-order valence-corrected chi connectivity index (χ2v) is 13.2. The minimum atomic E-state index is -0.814. The first-order chi connectivity index (χ1) is 15.8. The van der Waals surface area contributed by atoms with Gasteiger partial charge in [0.2, 0.25) is 0 Å². The fourth-order valence-electron chi connectivity index (χ4n) is 8.95. The van der Waals surface area contributed by atoms with E-state index in [1.54, 1.807) is 11.3 Å². The Labute approximate surface area is 202 Å². The van der Waals surface area contributed by atoms with E-state index in [0.717, 1.165) is 42.9 Å². The van der Waals surface area contributed by atoms with Gasteiger partial charge >= 0.3 is 0 Å². The fourth-order valence-corrected chi connectivity index (χ4v) is 9.80. The van der Waals surface area contributed by atoms with Crippen LogP contribution in [-0.2, 0) is 10.4 Å². The molecule has 0 aromatic carbocycles. The fraction of sp³-hybridized carbons (Fsp3) is 0.786. The van der Waals surface area contributed by atoms with Crippen molar-refractivity contribution in [3.8, 4) is 0 Å². The van der Waals surface area contributed by atoms with Crippen molar-refractivity contribution < 1.29 is 9.90 Å². The predicted molar refractivity (Wildman–Crippen MR) is 133 cm³/mol. The van der Waals surface area contributed by atoms with Crippen molar-refractivity contribution in [2.75, 3.05) is 5.32 Å². The first-order valence-electron chi connectivity index (χ1n) is 13.5. The highest BCUT2D eigenvalue weighted by Gasteiger charge is 2.65. The van der Waals surface area contributed by atoms with Crippen LogP contribution in [0.2, 0.25) is 0 Å². The summed E-state index contributed by atoms with van der Waals surface area (Å²) in [5, 5.41) is 19.0. The van der Waals surface area contributed by atoms with Gasteiger partial charge in [0.1, 0.15) is 5.60 Å². The smallest absolute Gasteiger partial charge is 0.183 e. The molecule has 5 aliphatic carbocycles. The Morgan fingerprint density at radius 3 is 2.61 bits per heavy atom. The van der Waals surface area contributed by atoms with Crippen molar-refractivity contribution in [3.05, 3.63) is 22.7 Å². The maximum absolute atomic E-state index is 12.2. The van der Waals surface area contributed by atoms with Crippen LogP contribution >= 0.6 is 11.3 Å². The topological polar surface area (TPSA) is 62.2 Å². The number of ketones is 1. The Hall–Kier alpha value is -1.20. The summed E-state index contributed by atoms with van der Waals surface area (Å²) < 4.78 is 0. The van der Waals surface area contributed by atoms with Gasteiger partial charge in [-0.3, -0.25) is 4.79 Å². The molecular formula is C28H40N2O2S. The normalized spacial score (nSPS) is 43.4. The van der Waals surface area contributed by atoms with E-state index in [-0.39, 0.29) is 10.8 Å². The summed E-state index contributed by atoms with van der Waals surface area (Å²) in [7, 11) is 0. The van der Waals surface area contributed by atoms with Crippen LogP contribution < -0.4 is 5.32 Å². The second kappa shape index (κ2) is 7.91. The van der Waals surface area contributed by atoms with E-state index in [0.29, 0.717) is 36.0 Å². The molecule has 0 unspecified atom stereocenters. The molecule has 180 valence electrons. The van der Waals surface area contributed by atoms with Gasteiger partial charge in [0, 0.05) is 23.3 Å². The molecular weight excluding hydrogens is 428 g/mol. The van der Waals surface area contributed by atoms with Gasteiger partial charge in [0.15, 0.2) is 10.9 Å². The lowest BCUT2D eigenvalue weighted by molar-refractivity contribution is -0.135. The van der Waals surface area contributed by atoms with E-state index in [4.69, 9.17) is 4.98 Å². The number of aliphatic hydroxyl groups is 1. The van der Waals surface area contributed by atoms with Gasteiger partial charge in [-0.1, -0.05) is 38.7 Å². The lowest BCUT2D eigenvalue weighted by Gasteiger charge is -2.59. The molecule has 1 aromatic rings. The Bertz CT molecular complexity index is 965. The summed E-state index contributed by atoms with van der Waals surface area (Å²) in [5.74, 6) is 2.20. The number of hydrogen-bond donors (Lipinski definition) is 2. The number of nitrogens with zero attached hydrogens (tertiary/aromatic N) is 1. The Kier molecular flexibility index (Phi) is 5.34. The molecule has 0 spiro atoms. The molecule has 0 saturated heterocycles. The van der Waals surface area contributed by atoms with Crippen LogP contribution in [-0.4, -0.2) is 21.9 Å². The van der Waals surface area contributed by atoms with Gasteiger partial charge in [0.05, 0.1) is 5.69 Å². The first-order valence-corrected chi connectivity index (χ1v) is 14.4. The van der Waals surface area contributed by atoms with Crippen molar-refractivity contribution in [1.29, 1.82) is 0 Å². The van der Waals surface area contributed by atoms with Gasteiger partial charge < -0.3 is 10.4 Å². The van der Waals surface area contributed by atoms with Crippen LogP contribution in [0.4, 0.5) is 5.13 Å². The van der Waals surface area contributed by atoms with Crippen molar-refractivity contribution in [2.45, 2.75) is 109 Å². The quantitative estimate of drug-likeness (QED) is 0.524. The molecule has 0 amide bonds. The molecule has 33 heavy (non-hydrogen) atoms. The van der Waals surface area contributed by atoms with Crippen LogP contribution in [0.3, 0.4) is 0 Å². The lowest BCUT2D eigenvalue weighted by Crippen LogP contribution is -2.53. The molecule has 6 rings (SSSR count). The number of thiazole rings is 1. The highest BCUT2D eigenvalue weighted by Crippen LogP contribution is 2.69. The third kappa shape index (κ3) is 3.31. The van der Waals surface area contributed by atoms with E-state index < -0.39 is 5.60 Å². The van der Waals surface area contributed by atoms with E-state index in [9.17, 15) is 9.90 Å². The van der Waals surface area contributed by atoms with E-state index in [2.05, 4.69) is 24.5 Å². The molecule has 1 heterocycles. The average Bonchev–Trinajstić information content (AvgIpc) is 3.38. The van der Waals surface area contributed by atoms with E-state index in [1.165, 1.54) is 50.5 Å². The summed E-state index contributed by atoms with van der Waals surface area (Å²) in [4.78, 5) is 17.1. The van der Waals surface area contributed by atoms with Crippen molar-refractivity contribution >= 4 is 22.3 Å². The largest absolute Gasteiger partial charge is 0.383 e. The molecule has 4 saturated carbocycles. The van der Waals surface area contributed by atoms with Crippen LogP contribution in [0.1, 0.15) is 103 Å². The molecule has 2 N–H and O–H groups in total. The Balaban J connectivity index is 1.25. The summed E-state index contributed by atoms with van der Waals surface area (Å²) in [6.45, 7) is 4.81. The summed E-state index contributed by atoms with van der Waals surface area (Å²) >= 11 is 1.68. The summed E-state index contributed by atoms with van der Waals surface area (Å²) in [6.07, 6.45) is 16.6. The van der Waals surface area contributed by atoms with Gasteiger partial charge in [-0.15, -0.1) is 11.3 Å². The molecule has 6 atom stereocenters. The molecule has 5 heteroatoms. The van der Waals surface area contributed by atoms with E-state index in [1.807, 2.05) is 6.08 Å². The van der Waals surface area contributed by atoms with Crippen molar-refractivity contribution in [3.63, 3.8) is 0 Å². The monoisotopic (exact) mass is 468 g/mol. The lowest BCUT2D eigenvalue weighted by atomic mass is 9.46. The number of nitrogens with one attached hydrogen (secondary N) is 1. The third-order valence-electron chi connectivity index (χ3n) is 11.0. The van der Waals surface area contributed by atoms with Crippen LogP contribution in [0.25, 0.3) is 0 Å². The highest BCUT2D eigenvalue weighted by atomic mass is 32.1. The summed E-state index contributed by atoms with van der Waals surface area (Å²) in [6, 6.07) is 0.544. The zero-order valence-corrected chi connectivity index (χ0v) is 21.2. The number of fused-ring (bicyclic) bond motifs is 5. The maximum Gasteiger partial charge on any atom is 0.183 e. The minimum Gasteiger partial charge on any atom is -0.383 e. The number of hydrogen-bond acceptors (Lipinski definition) is 5. The zero-order valence-electron chi connectivity index (χ0n) is 20.4. The van der Waals surface area contributed by atoms with Crippen LogP contribution in [0.15, 0.2) is 17.0 Å². The molecule has 1 aromatic heterocycles. The van der Waals surface area contributed by atoms with Gasteiger partial charge in [0.25, 0.3) is 0 Å². The number of carbonyl (C=O) groups excluding carboxylic acids is 1. The standard InChI is InChI=1S/C28H40N2O2S/c1-26-13-10-20(31)16-18(26)8-9-21-22(26)11-14-27(2)23(21)12-15-28(27,32)24-17-33-25(30-24)29-19-6-4-3-5-7-19/h16-17,19,21-23,32H,3-15H2,1-2H3,(H,29,30)/t21-,22+,23+,26+,27+,28+/m1/s1. The number of rotatable bonds is 3. The van der Waals surface area contributed by atoms with Crippen LogP contribution in [0, 0.1) is 28.6 Å². The summed E-state index contributed by atoms with van der Waals surface area (Å²) in [5.41, 5.74) is 1.61. The molecule has 0 bridgehead atoms. The highest BCUT2D eigenvalue weighted by molar-refractivity contribution is 7.13. The number of aromatic nitrogens is 1. The van der Waals surface area contributed by atoms with Gasteiger partial charge in [-0.2, -0.15) is 0 Å². The van der Waals surface area contributed by atoms with Crippen molar-refractivity contribution in [1.82, 2.24) is 4.98 Å². The molecule has 4 nitrogen and oxygen atoms in total. The van der Waals surface area contributed by atoms with Crippen LogP contribution in [0.5, 0.6) is 0 Å². The average molecular weight is 469 g/mol. The molecule has 4 fully saturated rings. The number of anilines is 1. The SMILES string of the molecule is C[C@]12CCC(=O)C=C1CC[C@@H]1[C@@H]2CC[C@@]2(C)[C@H]1CC[C@]2(O)c1csc(NC2CCCCC2)n1. The van der Waals surface area contributed by atoms with Gasteiger partial charge in [-0.25, -0.2) is 4.98 Å². The van der Waals surface area contributed by atoms with E-state index >= 15 is 0 Å². The number of carbonyl (C=O) groups is 1. The Morgan fingerprint density at radius 2 is 1.79 bits per heavy atom. The predicted octanol–water partition coefficient (Wildman–Crippen LogP) is 6.61. The minimum absolute atomic E-state index is 0.105. The number of allylic oxidation sites excluding steroid dienone is 1. The van der Waals surface area contributed by atoms with Crippen molar-refractivity contribution in [2.24, 2.45) is 28.6 Å². The first kappa shape index (κ1) is 22.3.